The number of nitrogens with zero attached hydrogens (tertiary/aromatic N) is 3. The van der Waals surface area contributed by atoms with E-state index < -0.39 is 129 Å². The van der Waals surface area contributed by atoms with E-state index in [4.69, 9.17) is 14.2 Å². The molecule has 0 radical (unpaired) electrons. The summed E-state index contributed by atoms with van der Waals surface area (Å²) >= 11 is 0. The predicted molar refractivity (Wildman–Crippen MR) is 197 cm³/mol. The highest BCUT2D eigenvalue weighted by molar-refractivity contribution is 7.91. The SMILES string of the molecule is CC(C)(C)C1NC(=O)O[C@@H]2CCC[C@H]2OC/C=C/C(F)(F)c2nc3ccccc3nc2O[C@@H]2C[C@@H](C(=O)N[C@]3(C(=O)NS(=O)(=O)C4(C)CC4)C[C@H]3C(F)F)N(C2)C1=O. The molecular formula is C38H46F4N6O9S. The van der Waals surface area contributed by atoms with Crippen LogP contribution in [0.15, 0.2) is 36.4 Å². The first kappa shape index (κ1) is 41.6. The highest BCUT2D eigenvalue weighted by Gasteiger charge is 2.67. The van der Waals surface area contributed by atoms with Gasteiger partial charge in [-0.25, -0.2) is 32.0 Å². The number of nitrogens with one attached hydrogen (secondary N) is 3. The number of carbonyl (C=O) groups is 4. The van der Waals surface area contributed by atoms with E-state index in [1.807, 2.05) is 4.72 Å². The number of alkyl halides is 4. The molecule has 3 N–H and O–H groups in total. The molecule has 58 heavy (non-hydrogen) atoms. The van der Waals surface area contributed by atoms with E-state index in [1.165, 1.54) is 19.1 Å². The average molecular weight is 839 g/mol. The summed E-state index contributed by atoms with van der Waals surface area (Å²) in [5, 5.41) is 4.94. The van der Waals surface area contributed by atoms with Gasteiger partial charge in [0.2, 0.25) is 34.1 Å². The Labute approximate surface area is 332 Å². The number of ether oxygens (including phenoxy) is 3. The van der Waals surface area contributed by atoms with Crippen LogP contribution in [-0.4, -0.2) is 107 Å². The average Bonchev–Trinajstić information content (AvgIpc) is 3.97. The largest absolute Gasteiger partial charge is 0.471 e. The number of amides is 4. The molecule has 20 heteroatoms. The Morgan fingerprint density at radius 3 is 2.34 bits per heavy atom. The van der Waals surface area contributed by atoms with Crippen LogP contribution < -0.4 is 20.1 Å². The lowest BCUT2D eigenvalue weighted by Crippen LogP contribution is -2.60. The minimum atomic E-state index is -4.30. The summed E-state index contributed by atoms with van der Waals surface area (Å²) in [6.07, 6.45) is -4.10. The molecule has 2 aliphatic heterocycles. The normalized spacial score (nSPS) is 31.4. The molecule has 4 fully saturated rings. The van der Waals surface area contributed by atoms with Crippen LogP contribution in [0.5, 0.6) is 5.88 Å². The second kappa shape index (κ2) is 14.9. The van der Waals surface area contributed by atoms with Crippen LogP contribution >= 0.6 is 0 Å². The Hall–Kier alpha value is -4.59. The second-order valence-electron chi connectivity index (χ2n) is 17.1. The molecule has 1 saturated heterocycles. The molecule has 15 nitrogen and oxygen atoms in total. The quantitative estimate of drug-likeness (QED) is 0.283. The molecule has 0 spiro atoms. The number of hydrogen-bond acceptors (Lipinski definition) is 11. The Morgan fingerprint density at radius 1 is 1.03 bits per heavy atom. The van der Waals surface area contributed by atoms with Gasteiger partial charge in [-0.05, 0) is 69.1 Å². The van der Waals surface area contributed by atoms with Crippen molar-refractivity contribution in [3.63, 3.8) is 0 Å². The maximum atomic E-state index is 16.1. The molecule has 3 heterocycles. The Morgan fingerprint density at radius 2 is 1.71 bits per heavy atom. The van der Waals surface area contributed by atoms with Gasteiger partial charge in [-0.15, -0.1) is 0 Å². The fourth-order valence-corrected chi connectivity index (χ4v) is 9.04. The van der Waals surface area contributed by atoms with Gasteiger partial charge in [0.25, 0.3) is 5.91 Å². The van der Waals surface area contributed by atoms with Crippen molar-refractivity contribution in [2.75, 3.05) is 13.2 Å². The number of halogens is 4. The highest BCUT2D eigenvalue weighted by atomic mass is 32.2. The first-order chi connectivity index (χ1) is 27.1. The van der Waals surface area contributed by atoms with Crippen molar-refractivity contribution in [3.05, 3.63) is 42.1 Å². The number of allylic oxidation sites excluding steroid dienone is 1. The molecule has 3 aliphatic carbocycles. The number of carbonyl (C=O) groups excluding carboxylic acids is 4. The number of fused-ring (bicyclic) bond motifs is 5. The number of alkyl carbamates (subject to hydrolysis) is 1. The van der Waals surface area contributed by atoms with Crippen LogP contribution in [0.1, 0.15) is 78.3 Å². The summed E-state index contributed by atoms with van der Waals surface area (Å²) in [7, 11) is -4.30. The Bertz CT molecular complexity index is 2130. The zero-order valence-electron chi connectivity index (χ0n) is 32.3. The lowest BCUT2D eigenvalue weighted by Gasteiger charge is -2.35. The fourth-order valence-electron chi connectivity index (χ4n) is 7.73. The van der Waals surface area contributed by atoms with Crippen LogP contribution in [-0.2, 0) is 39.8 Å². The maximum Gasteiger partial charge on any atom is 0.408 e. The monoisotopic (exact) mass is 838 g/mol. The number of aromatic nitrogens is 2. The van der Waals surface area contributed by atoms with Crippen LogP contribution in [0.2, 0.25) is 0 Å². The van der Waals surface area contributed by atoms with Gasteiger partial charge < -0.3 is 29.7 Å². The number of para-hydroxylation sites is 2. The molecule has 2 aromatic rings. The molecule has 1 aromatic heterocycles. The topological polar surface area (TPSA) is 195 Å². The number of rotatable bonds is 6. The maximum absolute atomic E-state index is 16.1. The molecule has 1 unspecified atom stereocenters. The van der Waals surface area contributed by atoms with E-state index in [1.54, 1.807) is 32.9 Å². The summed E-state index contributed by atoms with van der Waals surface area (Å²) in [6.45, 7) is 5.63. The molecule has 5 aliphatic rings. The van der Waals surface area contributed by atoms with Gasteiger partial charge in [0, 0.05) is 6.42 Å². The van der Waals surface area contributed by atoms with Gasteiger partial charge in [0.1, 0.15) is 29.8 Å². The summed E-state index contributed by atoms with van der Waals surface area (Å²) in [5.41, 5.74) is -3.91. The lowest BCUT2D eigenvalue weighted by molar-refractivity contribution is -0.143. The van der Waals surface area contributed by atoms with Crippen LogP contribution in [0, 0.1) is 11.3 Å². The van der Waals surface area contributed by atoms with Gasteiger partial charge in [-0.1, -0.05) is 39.0 Å². The van der Waals surface area contributed by atoms with Crippen molar-refractivity contribution in [1.82, 2.24) is 30.2 Å². The van der Waals surface area contributed by atoms with E-state index in [0.717, 1.165) is 11.0 Å². The smallest absolute Gasteiger partial charge is 0.408 e. The third-order valence-electron chi connectivity index (χ3n) is 11.6. The first-order valence-electron chi connectivity index (χ1n) is 19.2. The van der Waals surface area contributed by atoms with E-state index >= 15 is 8.78 Å². The van der Waals surface area contributed by atoms with Gasteiger partial charge in [0.05, 0.1) is 41.0 Å². The molecule has 7 rings (SSSR count). The van der Waals surface area contributed by atoms with E-state index in [0.29, 0.717) is 25.3 Å². The lowest BCUT2D eigenvalue weighted by atomic mass is 9.85. The van der Waals surface area contributed by atoms with Crippen molar-refractivity contribution < 1.29 is 59.4 Å². The third kappa shape index (κ3) is 8.05. The second-order valence-corrected chi connectivity index (χ2v) is 19.3. The van der Waals surface area contributed by atoms with Crippen molar-refractivity contribution in [2.45, 2.75) is 126 Å². The zero-order chi connectivity index (χ0) is 42.0. The molecular weight excluding hydrogens is 793 g/mol. The molecule has 2 bridgehead atoms. The predicted octanol–water partition coefficient (Wildman–Crippen LogP) is 3.86. The zero-order valence-corrected chi connectivity index (χ0v) is 33.1. The van der Waals surface area contributed by atoms with Crippen molar-refractivity contribution in [3.8, 4) is 5.88 Å². The molecule has 7 atom stereocenters. The number of sulfonamides is 1. The fraction of sp³-hybridized carbons (Fsp3) is 0.632. The third-order valence-corrected chi connectivity index (χ3v) is 13.8. The molecule has 3 saturated carbocycles. The van der Waals surface area contributed by atoms with Crippen LogP contribution in [0.3, 0.4) is 0 Å². The van der Waals surface area contributed by atoms with E-state index in [9.17, 15) is 36.4 Å². The van der Waals surface area contributed by atoms with Gasteiger partial charge >= 0.3 is 12.0 Å². The van der Waals surface area contributed by atoms with Gasteiger partial charge in [0.15, 0.2) is 5.69 Å². The van der Waals surface area contributed by atoms with Crippen molar-refractivity contribution in [1.29, 1.82) is 0 Å². The minimum Gasteiger partial charge on any atom is -0.471 e. The Kier molecular flexibility index (Phi) is 10.7. The summed E-state index contributed by atoms with van der Waals surface area (Å²) in [6, 6.07) is 3.27. The number of hydrogen-bond donors (Lipinski definition) is 3. The highest BCUT2D eigenvalue weighted by Crippen LogP contribution is 2.49. The van der Waals surface area contributed by atoms with Gasteiger partial charge in [-0.3, -0.25) is 19.1 Å². The van der Waals surface area contributed by atoms with Crippen molar-refractivity contribution >= 4 is 44.9 Å². The Balaban J connectivity index is 1.26. The van der Waals surface area contributed by atoms with E-state index in [-0.39, 0.29) is 30.5 Å². The summed E-state index contributed by atoms with van der Waals surface area (Å²) in [5.74, 6) is -9.43. The standard InChI is InChI=1S/C38H46F4N6O9S/c1-35(2,3)28-32(50)48-19-20(17-24(48)30(49)46-37(18-21(37)29(39)40)33(51)47-58(53,54)36(4)14-15-36)56-31-27(43-22-9-5-6-10-23(22)44-31)38(41,42)13-8-16-55-25-11-7-12-26(25)57-34(52)45-28/h5-6,8-10,13,20-21,24-26,28-29H,7,11-12,14-19H2,1-4H3,(H,45,52)(H,46,49)(H,47,51)/b13-8+/t20-,21+,24+,25-,26-,28?,37-/m1/s1. The van der Waals surface area contributed by atoms with E-state index in [2.05, 4.69) is 20.6 Å². The van der Waals surface area contributed by atoms with Gasteiger partial charge in [-0.2, -0.15) is 8.78 Å². The molecule has 316 valence electrons. The summed E-state index contributed by atoms with van der Waals surface area (Å²) < 4.78 is 105. The summed E-state index contributed by atoms with van der Waals surface area (Å²) in [4.78, 5) is 65.3. The van der Waals surface area contributed by atoms with Crippen LogP contribution in [0.25, 0.3) is 11.0 Å². The van der Waals surface area contributed by atoms with Crippen molar-refractivity contribution in [2.24, 2.45) is 11.3 Å². The minimum absolute atomic E-state index is 0.130. The van der Waals surface area contributed by atoms with Crippen LogP contribution in [0.4, 0.5) is 22.4 Å². The first-order valence-corrected chi connectivity index (χ1v) is 20.7. The number of benzene rings is 1. The molecule has 1 aromatic carbocycles. The molecule has 4 amide bonds.